The lowest BCUT2D eigenvalue weighted by molar-refractivity contribution is 0.182. The Morgan fingerprint density at radius 1 is 1.07 bits per heavy atom. The van der Waals surface area contributed by atoms with Crippen LogP contribution < -0.4 is 0 Å². The molecular weight excluding hydrogens is 347 g/mol. The lowest BCUT2D eigenvalue weighted by Gasteiger charge is -2.30. The fraction of sp³-hybridized carbons (Fsp3) is 0.480. The molecular formula is C25H33FN2. The topological polar surface area (TPSA) is 27.0 Å². The molecule has 1 aliphatic rings. The van der Waals surface area contributed by atoms with Crippen molar-refractivity contribution in [2.45, 2.75) is 71.1 Å². The van der Waals surface area contributed by atoms with E-state index in [9.17, 15) is 4.39 Å². The quantitative estimate of drug-likeness (QED) is 0.512. The van der Waals surface area contributed by atoms with E-state index in [0.717, 1.165) is 19.5 Å². The molecule has 1 aliphatic carbocycles. The van der Waals surface area contributed by atoms with Gasteiger partial charge in [0.1, 0.15) is 6.17 Å². The molecule has 0 aromatic heterocycles. The Bertz CT molecular complexity index is 720. The molecule has 0 amide bonds. The molecule has 3 heteroatoms. The first-order valence-electron chi connectivity index (χ1n) is 10.4. The van der Waals surface area contributed by atoms with Gasteiger partial charge < -0.3 is 0 Å². The van der Waals surface area contributed by atoms with E-state index in [2.05, 4.69) is 73.3 Å². The summed E-state index contributed by atoms with van der Waals surface area (Å²) >= 11 is 0. The van der Waals surface area contributed by atoms with E-state index in [4.69, 9.17) is 5.26 Å². The van der Waals surface area contributed by atoms with Gasteiger partial charge in [-0.2, -0.15) is 5.26 Å². The molecule has 0 heterocycles. The minimum absolute atomic E-state index is 0.166. The maximum atomic E-state index is 13.2. The highest BCUT2D eigenvalue weighted by molar-refractivity contribution is 5.30. The van der Waals surface area contributed by atoms with Crippen LogP contribution in [0.25, 0.3) is 0 Å². The van der Waals surface area contributed by atoms with Crippen LogP contribution in [0.15, 0.2) is 54.6 Å². The molecule has 0 aliphatic heterocycles. The molecule has 0 bridgehead atoms. The van der Waals surface area contributed by atoms with Gasteiger partial charge in [0.25, 0.3) is 0 Å². The molecule has 3 rings (SSSR count). The largest absolute Gasteiger partial charge is 0.296 e. The molecule has 1 fully saturated rings. The lowest BCUT2D eigenvalue weighted by Crippen LogP contribution is -2.34. The molecule has 1 saturated carbocycles. The number of hydrogen-bond acceptors (Lipinski definition) is 2. The molecule has 0 spiro atoms. The maximum absolute atomic E-state index is 13.2. The highest BCUT2D eigenvalue weighted by Crippen LogP contribution is 2.43. The smallest absolute Gasteiger partial charge is 0.108 e. The summed E-state index contributed by atoms with van der Waals surface area (Å²) in [6, 6.07) is 21.7. The summed E-state index contributed by atoms with van der Waals surface area (Å²) in [6.07, 6.45) is 3.54. The summed E-state index contributed by atoms with van der Waals surface area (Å²) in [4.78, 5) is 2.58. The van der Waals surface area contributed by atoms with E-state index in [-0.39, 0.29) is 5.92 Å². The van der Waals surface area contributed by atoms with E-state index in [1.807, 2.05) is 0 Å². The predicted molar refractivity (Wildman–Crippen MR) is 115 cm³/mol. The Morgan fingerprint density at radius 2 is 1.68 bits per heavy atom. The summed E-state index contributed by atoms with van der Waals surface area (Å²) in [5.41, 5.74) is 3.92. The predicted octanol–water partition coefficient (Wildman–Crippen LogP) is 6.28. The number of halogens is 1. The first-order chi connectivity index (χ1) is 13.6. The zero-order chi connectivity index (χ0) is 20.4. The highest BCUT2D eigenvalue weighted by atomic mass is 19.1. The average molecular weight is 381 g/mol. The van der Waals surface area contributed by atoms with Crippen molar-refractivity contribution < 1.29 is 4.39 Å². The van der Waals surface area contributed by atoms with E-state index >= 15 is 0 Å². The molecule has 3 unspecified atom stereocenters. The monoisotopic (exact) mass is 380 g/mol. The van der Waals surface area contributed by atoms with Gasteiger partial charge in [-0.05, 0) is 48.9 Å². The van der Waals surface area contributed by atoms with Crippen LogP contribution >= 0.6 is 0 Å². The van der Waals surface area contributed by atoms with Crippen molar-refractivity contribution in [2.24, 2.45) is 0 Å². The zero-order valence-electron chi connectivity index (χ0n) is 17.4. The third-order valence-electron chi connectivity index (χ3n) is 5.51. The van der Waals surface area contributed by atoms with Crippen LogP contribution in [0.5, 0.6) is 0 Å². The number of rotatable bonds is 9. The molecule has 150 valence electrons. The van der Waals surface area contributed by atoms with Crippen molar-refractivity contribution in [3.63, 3.8) is 0 Å². The van der Waals surface area contributed by atoms with Crippen molar-refractivity contribution in [3.05, 3.63) is 71.3 Å². The van der Waals surface area contributed by atoms with Gasteiger partial charge in [0.05, 0.1) is 6.07 Å². The second-order valence-electron chi connectivity index (χ2n) is 7.47. The Labute approximate surface area is 170 Å². The first-order valence-corrected chi connectivity index (χ1v) is 10.4. The molecule has 2 aromatic rings. The molecule has 2 nitrogen and oxygen atoms in total. The highest BCUT2D eigenvalue weighted by Gasteiger charge is 2.38. The summed E-state index contributed by atoms with van der Waals surface area (Å²) in [7, 11) is 0. The number of benzene rings is 2. The third-order valence-corrected chi connectivity index (χ3v) is 5.51. The van der Waals surface area contributed by atoms with E-state index in [0.29, 0.717) is 12.5 Å². The molecule has 28 heavy (non-hydrogen) atoms. The molecule has 3 atom stereocenters. The van der Waals surface area contributed by atoms with Gasteiger partial charge >= 0.3 is 0 Å². The zero-order valence-corrected chi connectivity index (χ0v) is 17.4. The number of alkyl halides is 1. The summed E-state index contributed by atoms with van der Waals surface area (Å²) < 4.78 is 13.2. The number of aryl methyl sites for hydroxylation is 1. The van der Waals surface area contributed by atoms with E-state index < -0.39 is 6.17 Å². The van der Waals surface area contributed by atoms with Gasteiger partial charge in [-0.25, -0.2) is 4.39 Å². The van der Waals surface area contributed by atoms with Gasteiger partial charge in [-0.15, -0.1) is 0 Å². The molecule has 0 radical (unpaired) electrons. The van der Waals surface area contributed by atoms with Crippen LogP contribution in [0.3, 0.4) is 0 Å². The van der Waals surface area contributed by atoms with Crippen LogP contribution in [0.4, 0.5) is 4.39 Å². The normalized spacial score (nSPS) is 18.7. The summed E-state index contributed by atoms with van der Waals surface area (Å²) in [5.74, 6) is 0.166. The summed E-state index contributed by atoms with van der Waals surface area (Å²) in [5, 5.41) is 7.32. The maximum Gasteiger partial charge on any atom is 0.108 e. The van der Waals surface area contributed by atoms with Gasteiger partial charge in [0.2, 0.25) is 0 Å². The molecule has 2 aromatic carbocycles. The average Bonchev–Trinajstić information content (AvgIpc) is 3.46. The second kappa shape index (κ2) is 11.6. The Hall–Kier alpha value is -2.18. The minimum atomic E-state index is -0.605. The standard InChI is InChI=1S/C23H30FN.C2H3N/c1-3-21(25(4-2)17-19-8-6-5-7-9-19)15-12-18-10-13-20(14-11-18)22-16-23(22)24;1-2-3/h5-11,13-14,21-23H,3-4,12,15-17H2,1-2H3;1H3. The number of nitriles is 1. The number of hydrogen-bond donors (Lipinski definition) is 0. The summed E-state index contributed by atoms with van der Waals surface area (Å²) in [6.45, 7) is 8.07. The van der Waals surface area contributed by atoms with Gasteiger partial charge in [0, 0.05) is 25.4 Å². The van der Waals surface area contributed by atoms with Gasteiger partial charge in [-0.3, -0.25) is 4.90 Å². The second-order valence-corrected chi connectivity index (χ2v) is 7.47. The molecule has 0 N–H and O–H groups in total. The van der Waals surface area contributed by atoms with Crippen LogP contribution in [-0.4, -0.2) is 23.7 Å². The van der Waals surface area contributed by atoms with Gasteiger partial charge in [0.15, 0.2) is 0 Å². The van der Waals surface area contributed by atoms with E-state index in [1.54, 1.807) is 6.07 Å². The van der Waals surface area contributed by atoms with Crippen molar-refractivity contribution in [2.75, 3.05) is 6.54 Å². The van der Waals surface area contributed by atoms with Crippen molar-refractivity contribution in [1.29, 1.82) is 5.26 Å². The van der Waals surface area contributed by atoms with Crippen molar-refractivity contribution in [3.8, 4) is 6.07 Å². The van der Waals surface area contributed by atoms with Crippen LogP contribution in [0.1, 0.15) is 62.6 Å². The fourth-order valence-corrected chi connectivity index (χ4v) is 3.74. The fourth-order valence-electron chi connectivity index (χ4n) is 3.74. The molecule has 0 saturated heterocycles. The Kier molecular flexibility index (Phi) is 9.17. The number of nitrogens with zero attached hydrogens (tertiary/aromatic N) is 2. The van der Waals surface area contributed by atoms with Gasteiger partial charge in [-0.1, -0.05) is 68.4 Å². The third kappa shape index (κ3) is 6.77. The van der Waals surface area contributed by atoms with Crippen LogP contribution in [0, 0.1) is 11.3 Å². The SMILES string of the molecule is CC#N.CCC(CCc1ccc(C2CC2F)cc1)N(CC)Cc1ccccc1. The van der Waals surface area contributed by atoms with Crippen molar-refractivity contribution in [1.82, 2.24) is 4.90 Å². The van der Waals surface area contributed by atoms with Crippen LogP contribution in [0.2, 0.25) is 0 Å². The Morgan fingerprint density at radius 3 is 2.18 bits per heavy atom. The van der Waals surface area contributed by atoms with E-state index in [1.165, 1.54) is 36.5 Å². The minimum Gasteiger partial charge on any atom is -0.296 e. The van der Waals surface area contributed by atoms with Crippen molar-refractivity contribution >= 4 is 0 Å². The lowest BCUT2D eigenvalue weighted by atomic mass is 10.00. The Balaban J connectivity index is 0.000000878. The van der Waals surface area contributed by atoms with Crippen LogP contribution in [-0.2, 0) is 13.0 Å². The first kappa shape index (κ1) is 22.1.